The largest absolute Gasteiger partial charge is 0.378 e. The Morgan fingerprint density at radius 1 is 0.921 bits per heavy atom. The molecule has 10 heteroatoms. The fraction of sp³-hybridized carbons (Fsp3) is 0.357. The second-order valence-corrected chi connectivity index (χ2v) is 9.73. The Balaban J connectivity index is 1.20. The Bertz CT molecular complexity index is 1270. The number of hydrogen-bond acceptors (Lipinski definition) is 8. The Morgan fingerprint density at radius 2 is 1.58 bits per heavy atom. The van der Waals surface area contributed by atoms with Crippen molar-refractivity contribution in [1.29, 1.82) is 0 Å². The van der Waals surface area contributed by atoms with Crippen LogP contribution >= 0.6 is 0 Å². The average molecular weight is 516 g/mol. The summed E-state index contributed by atoms with van der Waals surface area (Å²) in [6.07, 6.45) is 2.58. The van der Waals surface area contributed by atoms with E-state index in [1.54, 1.807) is 11.1 Å². The second kappa shape index (κ2) is 11.2. The summed E-state index contributed by atoms with van der Waals surface area (Å²) in [7, 11) is 0. The van der Waals surface area contributed by atoms with Gasteiger partial charge in [-0.05, 0) is 55.3 Å². The number of likely N-dealkylation sites (tertiary alicyclic amines) is 1. The normalized spacial score (nSPS) is 17.1. The predicted octanol–water partition coefficient (Wildman–Crippen LogP) is 3.00. The van der Waals surface area contributed by atoms with Crippen LogP contribution in [0.1, 0.15) is 19.8 Å². The third-order valence-corrected chi connectivity index (χ3v) is 7.15. The fourth-order valence-electron chi connectivity index (χ4n) is 4.71. The lowest BCUT2D eigenvalue weighted by Gasteiger charge is -2.37. The summed E-state index contributed by atoms with van der Waals surface area (Å²) >= 11 is 0. The van der Waals surface area contributed by atoms with Crippen LogP contribution in [-0.2, 0) is 14.3 Å². The zero-order chi connectivity index (χ0) is 26.5. The molecule has 2 aliphatic rings. The maximum absolute atomic E-state index is 12.9. The first-order valence-corrected chi connectivity index (χ1v) is 12.9. The van der Waals surface area contributed by atoms with E-state index in [9.17, 15) is 9.59 Å². The van der Waals surface area contributed by atoms with Crippen LogP contribution in [0.25, 0.3) is 11.3 Å². The van der Waals surface area contributed by atoms with Gasteiger partial charge >= 0.3 is 0 Å². The van der Waals surface area contributed by atoms with E-state index in [4.69, 9.17) is 10.5 Å². The van der Waals surface area contributed by atoms with Crippen LogP contribution in [-0.4, -0.2) is 71.6 Å². The highest BCUT2D eigenvalue weighted by atomic mass is 16.5. The monoisotopic (exact) mass is 515 g/mol. The van der Waals surface area contributed by atoms with Crippen LogP contribution in [0.3, 0.4) is 0 Å². The lowest BCUT2D eigenvalue weighted by molar-refractivity contribution is -0.133. The van der Waals surface area contributed by atoms with Gasteiger partial charge in [-0.15, -0.1) is 0 Å². The number of amides is 2. The molecule has 1 aromatic heterocycles. The molecule has 3 heterocycles. The van der Waals surface area contributed by atoms with Crippen LogP contribution in [0.4, 0.5) is 23.0 Å². The summed E-state index contributed by atoms with van der Waals surface area (Å²) in [4.78, 5) is 37.5. The zero-order valence-electron chi connectivity index (χ0n) is 21.5. The molecule has 0 spiro atoms. The molecule has 198 valence electrons. The summed E-state index contributed by atoms with van der Waals surface area (Å²) in [6.45, 7) is 5.80. The number of nitrogens with one attached hydrogen (secondary N) is 2. The van der Waals surface area contributed by atoms with E-state index in [1.807, 2.05) is 42.5 Å². The molecule has 5 rings (SSSR count). The molecular weight excluding hydrogens is 482 g/mol. The minimum absolute atomic E-state index is 0.00723. The van der Waals surface area contributed by atoms with Crippen LogP contribution in [0, 0.1) is 0 Å². The van der Waals surface area contributed by atoms with E-state index in [2.05, 4.69) is 37.6 Å². The van der Waals surface area contributed by atoms with E-state index < -0.39 is 5.54 Å². The molecule has 0 saturated carbocycles. The minimum Gasteiger partial charge on any atom is -0.378 e. The standard InChI is InChI=1S/C28H33N7O3/c1-20(36)34-14-11-28(29,12-15-34)26(37)31-22-4-2-21(3-5-22)25-10-13-30-27(33-25)32-23-6-8-24(9-7-23)35-16-18-38-19-17-35/h2-10,13H,11-12,14-19,29H2,1H3,(H,31,37)(H,30,32,33). The van der Waals surface area contributed by atoms with Gasteiger partial charge in [0.15, 0.2) is 0 Å². The molecule has 38 heavy (non-hydrogen) atoms. The third kappa shape index (κ3) is 5.92. The quantitative estimate of drug-likeness (QED) is 0.458. The van der Waals surface area contributed by atoms with E-state index in [-0.39, 0.29) is 11.8 Å². The first-order valence-electron chi connectivity index (χ1n) is 12.9. The SMILES string of the molecule is CC(=O)N1CCC(N)(C(=O)Nc2ccc(-c3ccnc(Nc4ccc(N5CCOCC5)cc4)n3)cc2)CC1. The number of piperidine rings is 1. The molecule has 2 fully saturated rings. The number of aromatic nitrogens is 2. The van der Waals surface area contributed by atoms with Gasteiger partial charge in [-0.2, -0.15) is 0 Å². The third-order valence-electron chi connectivity index (χ3n) is 7.15. The van der Waals surface area contributed by atoms with Gasteiger partial charge in [-0.25, -0.2) is 9.97 Å². The summed E-state index contributed by atoms with van der Waals surface area (Å²) in [5, 5.41) is 6.20. The van der Waals surface area contributed by atoms with Crippen LogP contribution in [0.15, 0.2) is 60.8 Å². The first kappa shape index (κ1) is 25.6. The van der Waals surface area contributed by atoms with Crippen molar-refractivity contribution in [1.82, 2.24) is 14.9 Å². The molecule has 2 amide bonds. The van der Waals surface area contributed by atoms with Crippen molar-refractivity contribution in [2.75, 3.05) is 54.9 Å². The number of nitrogens with zero attached hydrogens (tertiary/aromatic N) is 4. The number of rotatable bonds is 6. The molecule has 4 N–H and O–H groups in total. The Kier molecular flexibility index (Phi) is 7.52. The van der Waals surface area contributed by atoms with Crippen molar-refractivity contribution < 1.29 is 14.3 Å². The molecule has 2 saturated heterocycles. The predicted molar refractivity (Wildman–Crippen MR) is 147 cm³/mol. The summed E-state index contributed by atoms with van der Waals surface area (Å²) in [5.41, 5.74) is 9.78. The number of benzene rings is 2. The van der Waals surface area contributed by atoms with E-state index in [0.717, 1.165) is 43.2 Å². The molecule has 0 radical (unpaired) electrons. The topological polar surface area (TPSA) is 126 Å². The lowest BCUT2D eigenvalue weighted by atomic mass is 9.87. The number of carbonyl (C=O) groups is 2. The lowest BCUT2D eigenvalue weighted by Crippen LogP contribution is -2.58. The van der Waals surface area contributed by atoms with Gasteiger partial charge in [-0.1, -0.05) is 12.1 Å². The Hall–Kier alpha value is -4.02. The highest BCUT2D eigenvalue weighted by molar-refractivity contribution is 5.98. The van der Waals surface area contributed by atoms with Gasteiger partial charge in [-0.3, -0.25) is 9.59 Å². The highest BCUT2D eigenvalue weighted by Crippen LogP contribution is 2.25. The van der Waals surface area contributed by atoms with Gasteiger partial charge in [0.05, 0.1) is 24.4 Å². The van der Waals surface area contributed by atoms with Crippen molar-refractivity contribution in [2.45, 2.75) is 25.3 Å². The number of hydrogen-bond donors (Lipinski definition) is 3. The summed E-state index contributed by atoms with van der Waals surface area (Å²) in [5.74, 6) is 0.274. The molecular formula is C28H33N7O3. The van der Waals surface area contributed by atoms with Crippen molar-refractivity contribution in [3.8, 4) is 11.3 Å². The van der Waals surface area contributed by atoms with Crippen molar-refractivity contribution in [2.24, 2.45) is 5.73 Å². The zero-order valence-corrected chi connectivity index (χ0v) is 21.5. The number of carbonyl (C=O) groups excluding carboxylic acids is 2. The molecule has 3 aromatic rings. The fourth-order valence-corrected chi connectivity index (χ4v) is 4.71. The number of nitrogens with two attached hydrogens (primary N) is 1. The van der Waals surface area contributed by atoms with E-state index in [0.29, 0.717) is 37.6 Å². The number of anilines is 4. The van der Waals surface area contributed by atoms with Crippen molar-refractivity contribution in [3.63, 3.8) is 0 Å². The van der Waals surface area contributed by atoms with Crippen LogP contribution in [0.5, 0.6) is 0 Å². The van der Waals surface area contributed by atoms with Crippen LogP contribution < -0.4 is 21.3 Å². The van der Waals surface area contributed by atoms with Crippen molar-refractivity contribution >= 4 is 34.8 Å². The van der Waals surface area contributed by atoms with E-state index in [1.165, 1.54) is 12.6 Å². The molecule has 10 nitrogen and oxygen atoms in total. The molecule has 0 atom stereocenters. The Morgan fingerprint density at radius 3 is 2.24 bits per heavy atom. The maximum atomic E-state index is 12.9. The molecule has 2 aliphatic heterocycles. The van der Waals surface area contributed by atoms with Gasteiger partial charge in [0.25, 0.3) is 0 Å². The molecule has 0 unspecified atom stereocenters. The summed E-state index contributed by atoms with van der Waals surface area (Å²) < 4.78 is 5.43. The molecule has 0 bridgehead atoms. The van der Waals surface area contributed by atoms with Gasteiger partial charge < -0.3 is 30.9 Å². The smallest absolute Gasteiger partial charge is 0.244 e. The first-order chi connectivity index (χ1) is 18.4. The van der Waals surface area contributed by atoms with E-state index >= 15 is 0 Å². The van der Waals surface area contributed by atoms with Crippen molar-refractivity contribution in [3.05, 3.63) is 60.8 Å². The second-order valence-electron chi connectivity index (χ2n) is 9.73. The van der Waals surface area contributed by atoms with Gasteiger partial charge in [0.2, 0.25) is 17.8 Å². The summed E-state index contributed by atoms with van der Waals surface area (Å²) in [6, 6.07) is 17.5. The van der Waals surface area contributed by atoms with Gasteiger partial charge in [0, 0.05) is 61.9 Å². The van der Waals surface area contributed by atoms with Gasteiger partial charge in [0.1, 0.15) is 0 Å². The number of ether oxygens (including phenoxy) is 1. The average Bonchev–Trinajstić information content (AvgIpc) is 2.95. The minimum atomic E-state index is -0.988. The highest BCUT2D eigenvalue weighted by Gasteiger charge is 2.38. The molecule has 2 aromatic carbocycles. The van der Waals surface area contributed by atoms with Crippen LogP contribution in [0.2, 0.25) is 0 Å². The molecule has 0 aliphatic carbocycles. The maximum Gasteiger partial charge on any atom is 0.244 e. The Labute approximate surface area is 222 Å². The number of morpholine rings is 1.